The van der Waals surface area contributed by atoms with Crippen molar-refractivity contribution in [2.45, 2.75) is 0 Å². The molecule has 1 unspecified atom stereocenters. The Morgan fingerprint density at radius 1 is 1.24 bits per heavy atom. The summed E-state index contributed by atoms with van der Waals surface area (Å²) in [4.78, 5) is 15.8. The van der Waals surface area contributed by atoms with Crippen molar-refractivity contribution in [1.82, 2.24) is 9.29 Å². The van der Waals surface area contributed by atoms with Gasteiger partial charge in [0.05, 0.1) is 13.3 Å². The Bertz CT molecular complexity index is 940. The molecule has 1 amide bonds. The molecule has 8 nitrogen and oxygen atoms in total. The second kappa shape index (κ2) is 6.16. The molecule has 1 aromatic carbocycles. The van der Waals surface area contributed by atoms with E-state index in [1.54, 1.807) is 24.5 Å². The van der Waals surface area contributed by atoms with E-state index in [9.17, 15) is 18.3 Å². The van der Waals surface area contributed by atoms with E-state index in [0.29, 0.717) is 26.5 Å². The number of phenols is 1. The van der Waals surface area contributed by atoms with Gasteiger partial charge in [0.1, 0.15) is 23.7 Å². The molecule has 0 aliphatic carbocycles. The van der Waals surface area contributed by atoms with Gasteiger partial charge < -0.3 is 9.84 Å². The SMILES string of the molecule is COc1cncc(-c2cc(O)c(N3CC(=O)N(C)S3(=O)=O)c(P)c2)c1. The molecule has 0 radical (unpaired) electrons. The van der Waals surface area contributed by atoms with Crippen LogP contribution in [0.1, 0.15) is 0 Å². The molecule has 2 heterocycles. The van der Waals surface area contributed by atoms with Gasteiger partial charge in [0.2, 0.25) is 0 Å². The standard InChI is InChI=1S/C15H16N3O5PS/c1-17-14(20)8-18(25(17,21)22)15-12(19)4-9(5-13(15)24)10-3-11(23-2)7-16-6-10/h3-7,19H,8,24H2,1-2H3. The molecule has 0 saturated carbocycles. The Hall–Kier alpha value is -2.38. The molecule has 1 fully saturated rings. The van der Waals surface area contributed by atoms with E-state index in [-0.39, 0.29) is 18.0 Å². The van der Waals surface area contributed by atoms with Gasteiger partial charge in [-0.2, -0.15) is 8.42 Å². The normalized spacial score (nSPS) is 16.4. The zero-order chi connectivity index (χ0) is 18.4. The van der Waals surface area contributed by atoms with Crippen molar-refractivity contribution in [3.8, 4) is 22.6 Å². The van der Waals surface area contributed by atoms with Crippen molar-refractivity contribution in [1.29, 1.82) is 0 Å². The van der Waals surface area contributed by atoms with Crippen molar-refractivity contribution in [3.63, 3.8) is 0 Å². The summed E-state index contributed by atoms with van der Waals surface area (Å²) in [6, 6.07) is 4.86. The number of aromatic hydroxyl groups is 1. The maximum Gasteiger partial charge on any atom is 0.329 e. The molecular formula is C15H16N3O5PS. The van der Waals surface area contributed by atoms with Crippen LogP contribution in [0.3, 0.4) is 0 Å². The van der Waals surface area contributed by atoms with Crippen LogP contribution in [0.4, 0.5) is 5.69 Å². The van der Waals surface area contributed by atoms with Crippen molar-refractivity contribution in [3.05, 3.63) is 30.6 Å². The van der Waals surface area contributed by atoms with Crippen LogP contribution in [0.25, 0.3) is 11.1 Å². The third-order valence-electron chi connectivity index (χ3n) is 3.91. The summed E-state index contributed by atoms with van der Waals surface area (Å²) in [6.07, 6.45) is 3.16. The maximum absolute atomic E-state index is 12.3. The lowest BCUT2D eigenvalue weighted by molar-refractivity contribution is -0.123. The second-order valence-electron chi connectivity index (χ2n) is 5.42. The summed E-state index contributed by atoms with van der Waals surface area (Å²) in [5, 5.41) is 10.9. The molecule has 1 saturated heterocycles. The van der Waals surface area contributed by atoms with Crippen LogP contribution in [-0.2, 0) is 15.0 Å². The number of carbonyl (C=O) groups excluding carboxylic acids is 1. The number of hydrogen-bond donors (Lipinski definition) is 1. The first-order valence-electron chi connectivity index (χ1n) is 7.17. The van der Waals surface area contributed by atoms with Gasteiger partial charge in [-0.1, -0.05) is 0 Å². The summed E-state index contributed by atoms with van der Waals surface area (Å²) in [5.74, 6) is -0.261. The lowest BCUT2D eigenvalue weighted by Gasteiger charge is -2.21. The van der Waals surface area contributed by atoms with Crippen LogP contribution >= 0.6 is 9.24 Å². The number of amides is 1. The fourth-order valence-corrected chi connectivity index (χ4v) is 4.43. The predicted octanol–water partition coefficient (Wildman–Crippen LogP) is 0.486. The first kappa shape index (κ1) is 17.4. The van der Waals surface area contributed by atoms with Crippen molar-refractivity contribution in [2.24, 2.45) is 0 Å². The highest BCUT2D eigenvalue weighted by atomic mass is 32.2. The molecule has 2 aromatic rings. The Morgan fingerprint density at radius 3 is 2.52 bits per heavy atom. The molecule has 132 valence electrons. The van der Waals surface area contributed by atoms with Crippen LogP contribution in [0.2, 0.25) is 0 Å². The van der Waals surface area contributed by atoms with Gasteiger partial charge in [-0.15, -0.1) is 9.24 Å². The number of carbonyl (C=O) groups is 1. The minimum absolute atomic E-state index is 0.0577. The number of aromatic nitrogens is 1. The van der Waals surface area contributed by atoms with Crippen molar-refractivity contribution < 1.29 is 23.1 Å². The molecule has 0 bridgehead atoms. The Kier molecular flexibility index (Phi) is 4.30. The molecule has 1 aliphatic heterocycles. The van der Waals surface area contributed by atoms with Crippen molar-refractivity contribution >= 4 is 36.3 Å². The number of pyridine rings is 1. The molecule has 1 atom stereocenters. The third-order valence-corrected chi connectivity index (χ3v) is 6.11. The van der Waals surface area contributed by atoms with Gasteiger partial charge in [-0.25, -0.2) is 8.61 Å². The monoisotopic (exact) mass is 381 g/mol. The smallest absolute Gasteiger partial charge is 0.329 e. The molecule has 1 aromatic heterocycles. The van der Waals surface area contributed by atoms with Crippen LogP contribution < -0.4 is 14.3 Å². The number of likely N-dealkylation sites (N-methyl/N-ethyl adjacent to an activating group) is 1. The topological polar surface area (TPSA) is 100 Å². The fourth-order valence-electron chi connectivity index (χ4n) is 2.54. The first-order valence-corrected chi connectivity index (χ1v) is 9.14. The van der Waals surface area contributed by atoms with Gasteiger partial charge in [-0.3, -0.25) is 9.78 Å². The molecule has 1 aliphatic rings. The number of phenolic OH excluding ortho intramolecular Hbond substituents is 1. The van der Waals surface area contributed by atoms with Crippen LogP contribution in [0.15, 0.2) is 30.6 Å². The highest BCUT2D eigenvalue weighted by Gasteiger charge is 2.41. The summed E-state index contributed by atoms with van der Waals surface area (Å²) in [5.41, 5.74) is 1.39. The number of rotatable bonds is 3. The highest BCUT2D eigenvalue weighted by Crippen LogP contribution is 2.36. The molecule has 10 heteroatoms. The fraction of sp³-hybridized carbons (Fsp3) is 0.200. The van der Waals surface area contributed by atoms with Gasteiger partial charge >= 0.3 is 10.2 Å². The van der Waals surface area contributed by atoms with Crippen molar-refractivity contribution in [2.75, 3.05) is 25.0 Å². The van der Waals surface area contributed by atoms with Gasteiger partial charge in [0.25, 0.3) is 5.91 Å². The number of anilines is 1. The van der Waals surface area contributed by atoms with E-state index in [1.165, 1.54) is 20.2 Å². The first-order chi connectivity index (χ1) is 11.8. The number of benzene rings is 1. The van der Waals surface area contributed by atoms with E-state index < -0.39 is 16.1 Å². The summed E-state index contributed by atoms with van der Waals surface area (Å²) < 4.78 is 31.3. The lowest BCUT2D eigenvalue weighted by atomic mass is 10.1. The average molecular weight is 381 g/mol. The predicted molar refractivity (Wildman–Crippen MR) is 96.3 cm³/mol. The maximum atomic E-state index is 12.3. The van der Waals surface area contributed by atoms with E-state index >= 15 is 0 Å². The zero-order valence-corrected chi connectivity index (χ0v) is 15.5. The average Bonchev–Trinajstić information content (AvgIpc) is 2.77. The number of ether oxygens (including phenoxy) is 1. The summed E-state index contributed by atoms with van der Waals surface area (Å²) in [7, 11) is 1.11. The Balaban J connectivity index is 2.09. The van der Waals surface area contributed by atoms with Crippen LogP contribution in [0, 0.1) is 0 Å². The summed E-state index contributed by atoms with van der Waals surface area (Å²) >= 11 is 0. The second-order valence-corrected chi connectivity index (χ2v) is 7.93. The molecule has 0 spiro atoms. The van der Waals surface area contributed by atoms with E-state index in [4.69, 9.17) is 4.74 Å². The number of hydrogen-bond acceptors (Lipinski definition) is 6. The van der Waals surface area contributed by atoms with E-state index in [2.05, 4.69) is 14.2 Å². The van der Waals surface area contributed by atoms with E-state index in [1.807, 2.05) is 0 Å². The zero-order valence-electron chi connectivity index (χ0n) is 13.5. The molecule has 25 heavy (non-hydrogen) atoms. The highest BCUT2D eigenvalue weighted by molar-refractivity contribution is 7.91. The quantitative estimate of drug-likeness (QED) is 0.777. The van der Waals surface area contributed by atoms with Crippen LogP contribution in [-0.4, -0.2) is 49.4 Å². The summed E-state index contributed by atoms with van der Waals surface area (Å²) in [6.45, 7) is -0.353. The third kappa shape index (κ3) is 2.89. The van der Waals surface area contributed by atoms with Gasteiger partial charge in [-0.05, 0) is 29.1 Å². The minimum Gasteiger partial charge on any atom is -0.506 e. The van der Waals surface area contributed by atoms with Crippen LogP contribution in [0.5, 0.6) is 11.5 Å². The lowest BCUT2D eigenvalue weighted by Crippen LogP contribution is -2.33. The Labute approximate surface area is 147 Å². The van der Waals surface area contributed by atoms with Gasteiger partial charge in [0.15, 0.2) is 0 Å². The number of nitrogens with zero attached hydrogens (tertiary/aromatic N) is 3. The largest absolute Gasteiger partial charge is 0.506 e. The minimum atomic E-state index is -3.99. The van der Waals surface area contributed by atoms with Gasteiger partial charge in [0, 0.05) is 18.8 Å². The molecule has 3 rings (SSSR count). The number of methoxy groups -OCH3 is 1. The Morgan fingerprint density at radius 2 is 1.96 bits per heavy atom. The van der Waals surface area contributed by atoms with E-state index in [0.717, 1.165) is 4.31 Å². The molecule has 1 N–H and O–H groups in total. The molecular weight excluding hydrogens is 365 g/mol.